The first-order chi connectivity index (χ1) is 19.4. The van der Waals surface area contributed by atoms with Crippen molar-refractivity contribution in [2.75, 3.05) is 23.6 Å². The van der Waals surface area contributed by atoms with E-state index in [2.05, 4.69) is 5.32 Å². The number of carbonyl (C=O) groups is 4. The maximum atomic E-state index is 14.1. The Labute approximate surface area is 231 Å². The van der Waals surface area contributed by atoms with E-state index < -0.39 is 23.1 Å². The molecule has 0 atom stereocenters. The Morgan fingerprint density at radius 1 is 0.950 bits per heavy atom. The number of hydrogen-bond acceptors (Lipinski definition) is 6. The zero-order valence-corrected chi connectivity index (χ0v) is 22.1. The van der Waals surface area contributed by atoms with Crippen LogP contribution in [-0.4, -0.2) is 47.3 Å². The molecule has 3 aliphatic rings. The molecule has 9 heteroatoms. The Balaban J connectivity index is 1.33. The summed E-state index contributed by atoms with van der Waals surface area (Å²) in [5, 5.41) is 3.01. The minimum Gasteiger partial charge on any atom is -0.454 e. The van der Waals surface area contributed by atoms with Crippen LogP contribution < -0.4 is 19.7 Å². The van der Waals surface area contributed by atoms with Gasteiger partial charge in [0.1, 0.15) is 12.1 Å². The molecule has 3 aromatic carbocycles. The molecule has 0 bridgehead atoms. The molecule has 1 aliphatic carbocycles. The summed E-state index contributed by atoms with van der Waals surface area (Å²) in [5.74, 6) is -0.925. The van der Waals surface area contributed by atoms with Gasteiger partial charge in [0.25, 0.3) is 11.7 Å². The molecule has 0 aromatic heterocycles. The Morgan fingerprint density at radius 2 is 1.68 bits per heavy atom. The highest BCUT2D eigenvalue weighted by Crippen LogP contribution is 2.40. The number of anilines is 2. The van der Waals surface area contributed by atoms with Crippen molar-refractivity contribution in [2.45, 2.75) is 44.7 Å². The summed E-state index contributed by atoms with van der Waals surface area (Å²) in [6, 6.07) is 19.6. The Bertz CT molecular complexity index is 1510. The summed E-state index contributed by atoms with van der Waals surface area (Å²) in [6.07, 6.45) is 2.50. The highest BCUT2D eigenvalue weighted by atomic mass is 16.7. The van der Waals surface area contributed by atoms with E-state index in [1.54, 1.807) is 47.4 Å². The van der Waals surface area contributed by atoms with E-state index in [0.717, 1.165) is 24.0 Å². The molecule has 40 heavy (non-hydrogen) atoms. The average Bonchev–Trinajstić information content (AvgIpc) is 3.69. The molecule has 204 valence electrons. The smallest absolute Gasteiger partial charge is 0.299 e. The number of fused-ring (bicyclic) bond motifs is 2. The molecule has 6 rings (SSSR count). The summed E-state index contributed by atoms with van der Waals surface area (Å²) < 4.78 is 10.8. The molecule has 0 unspecified atom stereocenters. The number of nitrogens with one attached hydrogen (secondary N) is 1. The Hall–Kier alpha value is -4.66. The van der Waals surface area contributed by atoms with Crippen molar-refractivity contribution >= 4 is 34.9 Å². The van der Waals surface area contributed by atoms with Crippen molar-refractivity contribution in [3.8, 4) is 11.5 Å². The third kappa shape index (κ3) is 4.47. The van der Waals surface area contributed by atoms with E-state index >= 15 is 0 Å². The number of para-hydroxylation sites is 1. The van der Waals surface area contributed by atoms with Gasteiger partial charge in [-0.1, -0.05) is 54.8 Å². The molecule has 1 saturated carbocycles. The van der Waals surface area contributed by atoms with Gasteiger partial charge in [-0.25, -0.2) is 0 Å². The highest BCUT2D eigenvalue weighted by molar-refractivity contribution is 6.52. The zero-order valence-electron chi connectivity index (χ0n) is 22.1. The van der Waals surface area contributed by atoms with Crippen molar-refractivity contribution in [3.63, 3.8) is 0 Å². The van der Waals surface area contributed by atoms with E-state index in [9.17, 15) is 19.2 Å². The fraction of sp³-hybridized carbons (Fsp3) is 0.290. The molecule has 0 saturated heterocycles. The standard InChI is InChI=1S/C31H29N3O6/c1-20-8-10-21(11-9-20)17-34(27(35)18-33-24-7-3-2-6-23(24)28(36)29(33)37)31(14-4-5-15-31)30(38)32-22-12-13-25-26(16-22)40-19-39-25/h2-3,6-13,16H,4-5,14-15,17-19H2,1H3,(H,32,38). The first-order valence-corrected chi connectivity index (χ1v) is 13.4. The van der Waals surface area contributed by atoms with E-state index in [1.807, 2.05) is 31.2 Å². The monoisotopic (exact) mass is 539 g/mol. The van der Waals surface area contributed by atoms with Gasteiger partial charge in [0.15, 0.2) is 11.5 Å². The van der Waals surface area contributed by atoms with Gasteiger partial charge in [-0.15, -0.1) is 0 Å². The van der Waals surface area contributed by atoms with Crippen LogP contribution in [0.4, 0.5) is 11.4 Å². The molecular weight excluding hydrogens is 510 g/mol. The largest absolute Gasteiger partial charge is 0.454 e. The number of aryl methyl sites for hydroxylation is 1. The van der Waals surface area contributed by atoms with Gasteiger partial charge in [-0.3, -0.25) is 24.1 Å². The third-order valence-corrected chi connectivity index (χ3v) is 7.94. The average molecular weight is 540 g/mol. The number of carbonyl (C=O) groups excluding carboxylic acids is 4. The molecule has 9 nitrogen and oxygen atoms in total. The number of rotatable bonds is 7. The van der Waals surface area contributed by atoms with Crippen LogP contribution in [0.3, 0.4) is 0 Å². The van der Waals surface area contributed by atoms with Crippen molar-refractivity contribution in [2.24, 2.45) is 0 Å². The Kier molecular flexibility index (Phi) is 6.50. The maximum Gasteiger partial charge on any atom is 0.299 e. The molecule has 0 spiro atoms. The van der Waals surface area contributed by atoms with Crippen LogP contribution >= 0.6 is 0 Å². The minimum absolute atomic E-state index is 0.121. The summed E-state index contributed by atoms with van der Waals surface area (Å²) in [5.41, 5.74) is 2.04. The van der Waals surface area contributed by atoms with Crippen LogP contribution in [0, 0.1) is 6.92 Å². The van der Waals surface area contributed by atoms with Gasteiger partial charge in [0.05, 0.1) is 11.3 Å². The topological polar surface area (TPSA) is 105 Å². The predicted octanol–water partition coefficient (Wildman–Crippen LogP) is 4.23. The van der Waals surface area contributed by atoms with E-state index in [1.165, 1.54) is 4.90 Å². The van der Waals surface area contributed by atoms with Gasteiger partial charge in [0.2, 0.25) is 18.6 Å². The summed E-state index contributed by atoms with van der Waals surface area (Å²) >= 11 is 0. The van der Waals surface area contributed by atoms with Crippen LogP contribution in [0.25, 0.3) is 0 Å². The third-order valence-electron chi connectivity index (χ3n) is 7.94. The van der Waals surface area contributed by atoms with Crippen LogP contribution in [-0.2, 0) is 20.9 Å². The number of benzene rings is 3. The first-order valence-electron chi connectivity index (χ1n) is 13.4. The van der Waals surface area contributed by atoms with Gasteiger partial charge in [-0.2, -0.15) is 0 Å². The normalized spacial score (nSPS) is 16.7. The zero-order chi connectivity index (χ0) is 27.9. The highest BCUT2D eigenvalue weighted by Gasteiger charge is 2.49. The fourth-order valence-electron chi connectivity index (χ4n) is 5.78. The van der Waals surface area contributed by atoms with Crippen molar-refractivity contribution in [1.29, 1.82) is 0 Å². The summed E-state index contributed by atoms with van der Waals surface area (Å²) in [6.45, 7) is 1.95. The van der Waals surface area contributed by atoms with E-state index in [-0.39, 0.29) is 31.4 Å². The Morgan fingerprint density at radius 3 is 2.45 bits per heavy atom. The second kappa shape index (κ2) is 10.1. The fourth-order valence-corrected chi connectivity index (χ4v) is 5.78. The predicted molar refractivity (Wildman–Crippen MR) is 147 cm³/mol. The lowest BCUT2D eigenvalue weighted by atomic mass is 9.92. The van der Waals surface area contributed by atoms with Crippen molar-refractivity contribution < 1.29 is 28.7 Å². The lowest BCUT2D eigenvalue weighted by Crippen LogP contribution is -2.59. The van der Waals surface area contributed by atoms with Gasteiger partial charge < -0.3 is 19.7 Å². The van der Waals surface area contributed by atoms with Crippen molar-refractivity contribution in [1.82, 2.24) is 4.90 Å². The van der Waals surface area contributed by atoms with Crippen LogP contribution in [0.5, 0.6) is 11.5 Å². The molecule has 2 heterocycles. The quantitative estimate of drug-likeness (QED) is 0.451. The molecule has 1 fully saturated rings. The second-order valence-corrected chi connectivity index (χ2v) is 10.5. The second-order valence-electron chi connectivity index (χ2n) is 10.5. The number of nitrogens with zero attached hydrogens (tertiary/aromatic N) is 2. The van der Waals surface area contributed by atoms with E-state index in [0.29, 0.717) is 35.7 Å². The van der Waals surface area contributed by atoms with Crippen LogP contribution in [0.2, 0.25) is 0 Å². The van der Waals surface area contributed by atoms with Gasteiger partial charge in [0, 0.05) is 18.3 Å². The van der Waals surface area contributed by atoms with Gasteiger partial charge >= 0.3 is 0 Å². The molecular formula is C31H29N3O6. The van der Waals surface area contributed by atoms with Gasteiger partial charge in [-0.05, 0) is 49.6 Å². The van der Waals surface area contributed by atoms with Crippen LogP contribution in [0.15, 0.2) is 66.7 Å². The summed E-state index contributed by atoms with van der Waals surface area (Å²) in [7, 11) is 0. The van der Waals surface area contributed by atoms with Crippen molar-refractivity contribution in [3.05, 3.63) is 83.4 Å². The molecule has 3 aromatic rings. The minimum atomic E-state index is -1.13. The SMILES string of the molecule is Cc1ccc(CN(C(=O)CN2C(=O)C(=O)c3ccccc32)C2(C(=O)Nc3ccc4c(c3)OCO4)CCCC2)cc1. The molecule has 1 N–H and O–H groups in total. The molecule has 3 amide bonds. The maximum absolute atomic E-state index is 14.1. The lowest BCUT2D eigenvalue weighted by Gasteiger charge is -2.41. The van der Waals surface area contributed by atoms with Crippen LogP contribution in [0.1, 0.15) is 47.2 Å². The number of Topliss-reactive ketones (excluding diaryl/α,β-unsaturated/α-hetero) is 1. The first kappa shape index (κ1) is 25.6. The number of amides is 3. The van der Waals surface area contributed by atoms with E-state index in [4.69, 9.17) is 9.47 Å². The number of hydrogen-bond donors (Lipinski definition) is 1. The number of ketones is 1. The summed E-state index contributed by atoms with van der Waals surface area (Å²) in [4.78, 5) is 56.5. The number of ether oxygens (including phenoxy) is 2. The molecule has 2 aliphatic heterocycles. The lowest BCUT2D eigenvalue weighted by molar-refractivity contribution is -0.145. The molecule has 0 radical (unpaired) electrons.